The van der Waals surface area contributed by atoms with E-state index in [2.05, 4.69) is 10.4 Å². The summed E-state index contributed by atoms with van der Waals surface area (Å²) in [5.74, 6) is -0.445. The molecular weight excluding hydrogens is 361 g/mol. The Morgan fingerprint density at radius 2 is 1.96 bits per heavy atom. The number of halogens is 3. The zero-order valence-corrected chi connectivity index (χ0v) is 14.4. The Hall–Kier alpha value is -2.84. The Morgan fingerprint density at radius 3 is 2.56 bits per heavy atom. The summed E-state index contributed by atoms with van der Waals surface area (Å²) in [7, 11) is 0. The van der Waals surface area contributed by atoms with Crippen molar-refractivity contribution in [1.29, 1.82) is 0 Å². The smallest absolute Gasteiger partial charge is 0.346 e. The van der Waals surface area contributed by atoms with Gasteiger partial charge in [-0.25, -0.2) is 0 Å². The molecule has 1 saturated heterocycles. The standard InChI is InChI=1S/C18H19F3N4O2/c19-18(20,21)15-8-10-25(23-15)12-16(26)22-14(13-5-2-1-3-6-13)11-24-9-4-7-17(24)27/h1-3,5-6,8,10,14H,4,7,9,11-12H2,(H,22,26). The second kappa shape index (κ2) is 7.81. The van der Waals surface area contributed by atoms with Gasteiger partial charge in [0.2, 0.25) is 11.8 Å². The minimum Gasteiger partial charge on any atom is -0.346 e. The van der Waals surface area contributed by atoms with Gasteiger partial charge in [0.1, 0.15) is 6.54 Å². The quantitative estimate of drug-likeness (QED) is 0.837. The van der Waals surface area contributed by atoms with E-state index in [1.54, 1.807) is 4.90 Å². The molecule has 2 aromatic rings. The van der Waals surface area contributed by atoms with E-state index in [9.17, 15) is 22.8 Å². The fourth-order valence-electron chi connectivity index (χ4n) is 3.03. The van der Waals surface area contributed by atoms with Crippen LogP contribution in [0.25, 0.3) is 0 Å². The van der Waals surface area contributed by atoms with E-state index in [-0.39, 0.29) is 12.5 Å². The Kier molecular flexibility index (Phi) is 5.48. The second-order valence-corrected chi connectivity index (χ2v) is 6.37. The lowest BCUT2D eigenvalue weighted by Crippen LogP contribution is -2.39. The van der Waals surface area contributed by atoms with Crippen molar-refractivity contribution in [2.75, 3.05) is 13.1 Å². The summed E-state index contributed by atoms with van der Waals surface area (Å²) in [6.45, 7) is 0.612. The van der Waals surface area contributed by atoms with Crippen LogP contribution in [-0.2, 0) is 22.3 Å². The molecule has 1 aliphatic heterocycles. The van der Waals surface area contributed by atoms with E-state index in [1.165, 1.54) is 0 Å². The van der Waals surface area contributed by atoms with E-state index in [4.69, 9.17) is 0 Å². The van der Waals surface area contributed by atoms with Gasteiger partial charge < -0.3 is 10.2 Å². The first kappa shape index (κ1) is 18.9. The van der Waals surface area contributed by atoms with Crippen molar-refractivity contribution >= 4 is 11.8 Å². The molecule has 6 nitrogen and oxygen atoms in total. The zero-order chi connectivity index (χ0) is 19.4. The fraction of sp³-hybridized carbons (Fsp3) is 0.389. The van der Waals surface area contributed by atoms with Crippen LogP contribution in [0.4, 0.5) is 13.2 Å². The monoisotopic (exact) mass is 380 g/mol. The predicted molar refractivity (Wildman–Crippen MR) is 90.4 cm³/mol. The maximum atomic E-state index is 12.6. The van der Waals surface area contributed by atoms with Gasteiger partial charge in [0.25, 0.3) is 0 Å². The van der Waals surface area contributed by atoms with Crippen molar-refractivity contribution in [2.24, 2.45) is 0 Å². The van der Waals surface area contributed by atoms with Crippen LogP contribution in [0.15, 0.2) is 42.6 Å². The number of hydrogen-bond donors (Lipinski definition) is 1. The number of nitrogens with zero attached hydrogens (tertiary/aromatic N) is 3. The van der Waals surface area contributed by atoms with Gasteiger partial charge in [0.05, 0.1) is 6.04 Å². The predicted octanol–water partition coefficient (Wildman–Crippen LogP) is 2.38. The van der Waals surface area contributed by atoms with E-state index < -0.39 is 23.8 Å². The third-order valence-electron chi connectivity index (χ3n) is 4.35. The van der Waals surface area contributed by atoms with Crippen molar-refractivity contribution in [3.8, 4) is 0 Å². The molecular formula is C18H19F3N4O2. The second-order valence-electron chi connectivity index (χ2n) is 6.37. The first-order chi connectivity index (χ1) is 12.8. The molecule has 2 heterocycles. The molecule has 27 heavy (non-hydrogen) atoms. The Labute approximate surface area is 154 Å². The first-order valence-electron chi connectivity index (χ1n) is 8.55. The van der Waals surface area contributed by atoms with Crippen LogP contribution in [0.2, 0.25) is 0 Å². The van der Waals surface area contributed by atoms with Crippen LogP contribution in [0, 0.1) is 0 Å². The van der Waals surface area contributed by atoms with Crippen molar-refractivity contribution in [3.63, 3.8) is 0 Å². The molecule has 1 aliphatic rings. The lowest BCUT2D eigenvalue weighted by Gasteiger charge is -2.25. The van der Waals surface area contributed by atoms with Crippen molar-refractivity contribution < 1.29 is 22.8 Å². The minimum absolute atomic E-state index is 0.0343. The Bertz CT molecular complexity index is 804. The molecule has 3 rings (SSSR count). The summed E-state index contributed by atoms with van der Waals surface area (Å²) in [6.07, 6.45) is -2.17. The third kappa shape index (κ3) is 4.87. The molecule has 0 radical (unpaired) electrons. The molecule has 1 aromatic carbocycles. The number of aromatic nitrogens is 2. The van der Waals surface area contributed by atoms with Crippen LogP contribution in [-0.4, -0.2) is 39.6 Å². The van der Waals surface area contributed by atoms with Gasteiger partial charge in [-0.15, -0.1) is 0 Å². The average molecular weight is 380 g/mol. The number of benzene rings is 1. The van der Waals surface area contributed by atoms with Crippen molar-refractivity contribution in [3.05, 3.63) is 53.9 Å². The molecule has 0 bridgehead atoms. The number of amides is 2. The maximum absolute atomic E-state index is 12.6. The Balaban J connectivity index is 1.68. The summed E-state index contributed by atoms with van der Waals surface area (Å²) in [4.78, 5) is 25.9. The highest BCUT2D eigenvalue weighted by Crippen LogP contribution is 2.27. The van der Waals surface area contributed by atoms with Gasteiger partial charge in [-0.3, -0.25) is 14.3 Å². The average Bonchev–Trinajstić information content (AvgIpc) is 3.24. The lowest BCUT2D eigenvalue weighted by atomic mass is 10.1. The molecule has 0 saturated carbocycles. The summed E-state index contributed by atoms with van der Waals surface area (Å²) in [5.41, 5.74) is -0.223. The van der Waals surface area contributed by atoms with E-state index in [0.717, 1.165) is 28.9 Å². The van der Waals surface area contributed by atoms with E-state index in [0.29, 0.717) is 19.5 Å². The van der Waals surface area contributed by atoms with Gasteiger partial charge in [-0.2, -0.15) is 18.3 Å². The molecule has 0 aliphatic carbocycles. The molecule has 1 fully saturated rings. The summed E-state index contributed by atoms with van der Waals surface area (Å²) < 4.78 is 38.8. The topological polar surface area (TPSA) is 67.2 Å². The van der Waals surface area contributed by atoms with Gasteiger partial charge in [-0.05, 0) is 18.1 Å². The van der Waals surface area contributed by atoms with E-state index >= 15 is 0 Å². The van der Waals surface area contributed by atoms with Crippen molar-refractivity contribution in [1.82, 2.24) is 20.0 Å². The van der Waals surface area contributed by atoms with Crippen LogP contribution in [0.3, 0.4) is 0 Å². The van der Waals surface area contributed by atoms with Crippen LogP contribution < -0.4 is 5.32 Å². The van der Waals surface area contributed by atoms with Gasteiger partial charge in [-0.1, -0.05) is 30.3 Å². The third-order valence-corrected chi connectivity index (χ3v) is 4.35. The normalized spacial score (nSPS) is 15.8. The summed E-state index contributed by atoms with van der Waals surface area (Å²) in [5, 5.41) is 6.19. The number of rotatable bonds is 6. The minimum atomic E-state index is -4.55. The summed E-state index contributed by atoms with van der Waals surface area (Å²) >= 11 is 0. The molecule has 1 unspecified atom stereocenters. The molecule has 9 heteroatoms. The van der Waals surface area contributed by atoms with Gasteiger partial charge in [0, 0.05) is 25.7 Å². The number of carbonyl (C=O) groups is 2. The first-order valence-corrected chi connectivity index (χ1v) is 8.55. The molecule has 1 N–H and O–H groups in total. The molecule has 1 atom stereocenters. The highest BCUT2D eigenvalue weighted by atomic mass is 19.4. The number of nitrogens with one attached hydrogen (secondary N) is 1. The Morgan fingerprint density at radius 1 is 1.22 bits per heavy atom. The van der Waals surface area contributed by atoms with Crippen LogP contribution in [0.5, 0.6) is 0 Å². The summed E-state index contributed by atoms with van der Waals surface area (Å²) in [6, 6.07) is 9.53. The zero-order valence-electron chi connectivity index (χ0n) is 14.4. The SMILES string of the molecule is O=C(Cn1ccc(C(F)(F)F)n1)NC(CN1CCCC1=O)c1ccccc1. The number of alkyl halides is 3. The largest absolute Gasteiger partial charge is 0.435 e. The number of hydrogen-bond acceptors (Lipinski definition) is 3. The molecule has 144 valence electrons. The van der Waals surface area contributed by atoms with Gasteiger partial charge in [0.15, 0.2) is 5.69 Å². The molecule has 0 spiro atoms. The van der Waals surface area contributed by atoms with Crippen molar-refractivity contribution in [2.45, 2.75) is 31.6 Å². The molecule has 2 amide bonds. The lowest BCUT2D eigenvalue weighted by molar-refractivity contribution is -0.141. The van der Waals surface area contributed by atoms with Crippen LogP contribution in [0.1, 0.15) is 30.1 Å². The highest BCUT2D eigenvalue weighted by Gasteiger charge is 2.33. The fourth-order valence-corrected chi connectivity index (χ4v) is 3.03. The number of likely N-dealkylation sites (tertiary alicyclic amines) is 1. The number of carbonyl (C=O) groups excluding carboxylic acids is 2. The van der Waals surface area contributed by atoms with Gasteiger partial charge >= 0.3 is 6.18 Å². The maximum Gasteiger partial charge on any atom is 0.435 e. The van der Waals surface area contributed by atoms with E-state index in [1.807, 2.05) is 30.3 Å². The highest BCUT2D eigenvalue weighted by molar-refractivity contribution is 5.79. The molecule has 1 aromatic heterocycles. The van der Waals surface area contributed by atoms with Crippen LogP contribution >= 0.6 is 0 Å².